The highest BCUT2D eigenvalue weighted by Crippen LogP contribution is 2.61. The zero-order valence-electron chi connectivity index (χ0n) is 31.0. The molecule has 1 amide bonds. The second-order valence-corrected chi connectivity index (χ2v) is 17.6. The molecular formula is C37H49F6N3O5S2. The second-order valence-electron chi connectivity index (χ2n) is 15.0. The van der Waals surface area contributed by atoms with E-state index in [2.05, 4.69) is 33.8 Å². The Morgan fingerprint density at radius 3 is 2.58 bits per heavy atom. The zero-order valence-corrected chi connectivity index (χ0v) is 31.7. The van der Waals surface area contributed by atoms with Crippen LogP contribution < -0.4 is 4.74 Å². The van der Waals surface area contributed by atoms with E-state index >= 15 is 0 Å². The van der Waals surface area contributed by atoms with Crippen LogP contribution in [0.4, 0.5) is 31.1 Å². The van der Waals surface area contributed by atoms with Gasteiger partial charge in [0.1, 0.15) is 24.8 Å². The lowest BCUT2D eigenvalue weighted by Crippen LogP contribution is -2.56. The highest BCUT2D eigenvalue weighted by molar-refractivity contribution is 8.76. The lowest BCUT2D eigenvalue weighted by molar-refractivity contribution is -0.374. The predicted octanol–water partition coefficient (Wildman–Crippen LogP) is 9.42. The van der Waals surface area contributed by atoms with Gasteiger partial charge in [-0.15, -0.1) is 0 Å². The van der Waals surface area contributed by atoms with Gasteiger partial charge in [0.15, 0.2) is 0 Å². The molecule has 0 radical (unpaired) electrons. The number of imidazole rings is 1. The average molecular weight is 795 g/mol. The normalized spacial score (nSPS) is 27.7. The number of H-pyrrole nitrogens is 1. The fourth-order valence-corrected chi connectivity index (χ4v) is 11.3. The van der Waals surface area contributed by atoms with Crippen molar-refractivity contribution in [2.45, 2.75) is 115 Å². The minimum absolute atomic E-state index is 0.0254. The molecule has 4 aliphatic rings. The Morgan fingerprint density at radius 1 is 1.06 bits per heavy atom. The molecule has 1 N–H and O–H groups in total. The van der Waals surface area contributed by atoms with Crippen molar-refractivity contribution < 1.29 is 51.5 Å². The Kier molecular flexibility index (Phi) is 12.1. The topological polar surface area (TPSA) is 85.9 Å². The summed E-state index contributed by atoms with van der Waals surface area (Å²) in [6, 6.07) is 6.26. The fraction of sp³-hybridized carbons (Fsp3) is 0.730. The number of halogens is 6. The van der Waals surface area contributed by atoms with Gasteiger partial charge in [0.25, 0.3) is 5.60 Å². The summed E-state index contributed by atoms with van der Waals surface area (Å²) in [6.45, 7) is 2.26. The van der Waals surface area contributed by atoms with Crippen molar-refractivity contribution in [1.82, 2.24) is 14.9 Å². The number of nitrogens with one attached hydrogen (secondary N) is 1. The number of aromatic amines is 1. The number of carbonyl (C=O) groups excluding carboxylic acids is 1. The van der Waals surface area contributed by atoms with Gasteiger partial charge in [-0.2, -0.15) is 26.3 Å². The molecular weight excluding hydrogens is 745 g/mol. The van der Waals surface area contributed by atoms with Gasteiger partial charge in [0.2, 0.25) is 0 Å². The van der Waals surface area contributed by atoms with Crippen LogP contribution in [0.3, 0.4) is 0 Å². The number of alkyl halides is 6. The molecule has 2 aromatic rings. The smallest absolute Gasteiger partial charge is 0.426 e. The number of aryl methyl sites for hydroxylation is 2. The molecule has 1 aromatic carbocycles. The molecule has 0 bridgehead atoms. The number of fused-ring (bicyclic) bond motifs is 5. The molecule has 0 spiro atoms. The zero-order chi connectivity index (χ0) is 38.7. The second kappa shape index (κ2) is 16.4. The summed E-state index contributed by atoms with van der Waals surface area (Å²) >= 11 is 0. The minimum atomic E-state index is -5.58. The Labute approximate surface area is 316 Å². The first-order valence-corrected chi connectivity index (χ1v) is 20.8. The number of hydrogen-bond donors (Lipinski definition) is 1. The molecule has 2 saturated carbocycles. The SMILES string of the molecule is [2H]Cc1cnc(CN(C(=O)OCCOc2ccc3c(c2)CCC2C3CCC3(C)C(OCCCOC(C)(C(F)(F)F)C(F)(F)F)CCC23)C2CCSSC2)[nH]1. The lowest BCUT2D eigenvalue weighted by Gasteiger charge is -2.50. The quantitative estimate of drug-likeness (QED) is 0.122. The van der Waals surface area contributed by atoms with Crippen LogP contribution in [0.2, 0.25) is 0 Å². The van der Waals surface area contributed by atoms with E-state index in [0.29, 0.717) is 29.3 Å². The number of carbonyl (C=O) groups is 1. The van der Waals surface area contributed by atoms with E-state index in [9.17, 15) is 31.1 Å². The molecule has 3 fully saturated rings. The first-order valence-electron chi connectivity index (χ1n) is 19.0. The van der Waals surface area contributed by atoms with Gasteiger partial charge in [-0.25, -0.2) is 9.78 Å². The molecule has 6 unspecified atom stereocenters. The fourth-order valence-electron chi connectivity index (χ4n) is 8.82. The number of amides is 1. The Bertz CT molecular complexity index is 1560. The van der Waals surface area contributed by atoms with Crippen LogP contribution in [0.15, 0.2) is 24.4 Å². The summed E-state index contributed by atoms with van der Waals surface area (Å²) in [4.78, 5) is 22.4. The summed E-state index contributed by atoms with van der Waals surface area (Å²) in [5, 5.41) is 0. The Morgan fingerprint density at radius 2 is 1.87 bits per heavy atom. The van der Waals surface area contributed by atoms with E-state index in [4.69, 9.17) is 15.6 Å². The first kappa shape index (κ1) is 39.0. The van der Waals surface area contributed by atoms with E-state index < -0.39 is 30.7 Å². The van der Waals surface area contributed by atoms with Crippen molar-refractivity contribution in [3.63, 3.8) is 0 Å². The van der Waals surface area contributed by atoms with Crippen molar-refractivity contribution in [1.29, 1.82) is 0 Å². The van der Waals surface area contributed by atoms with Crippen molar-refractivity contribution in [2.75, 3.05) is 37.9 Å². The number of ether oxygens (including phenoxy) is 4. The summed E-state index contributed by atoms with van der Waals surface area (Å²) in [7, 11) is 3.54. The van der Waals surface area contributed by atoms with E-state index in [1.54, 1.807) is 32.7 Å². The maximum atomic E-state index is 13.2. The van der Waals surface area contributed by atoms with Gasteiger partial charge in [-0.3, -0.25) is 4.90 Å². The van der Waals surface area contributed by atoms with Crippen LogP contribution in [-0.2, 0) is 27.2 Å². The van der Waals surface area contributed by atoms with Gasteiger partial charge < -0.3 is 23.9 Å². The number of aromatic nitrogens is 2. The molecule has 6 rings (SSSR count). The van der Waals surface area contributed by atoms with Crippen LogP contribution in [0.5, 0.6) is 5.75 Å². The number of nitrogens with zero attached hydrogens (tertiary/aromatic N) is 2. The number of benzene rings is 1. The molecule has 8 nitrogen and oxygen atoms in total. The van der Waals surface area contributed by atoms with E-state index in [-0.39, 0.29) is 64.2 Å². The largest absolute Gasteiger partial charge is 0.490 e. The third kappa shape index (κ3) is 8.75. The Balaban J connectivity index is 0.974. The molecule has 2 heterocycles. The molecule has 296 valence electrons. The number of rotatable bonds is 13. The summed E-state index contributed by atoms with van der Waals surface area (Å²) in [5.74, 6) is 4.37. The van der Waals surface area contributed by atoms with Crippen LogP contribution in [0.1, 0.15) is 88.7 Å². The van der Waals surface area contributed by atoms with Crippen LogP contribution in [-0.4, -0.2) is 89.0 Å². The third-order valence-corrected chi connectivity index (χ3v) is 14.3. The van der Waals surface area contributed by atoms with Gasteiger partial charge >= 0.3 is 18.4 Å². The molecule has 53 heavy (non-hydrogen) atoms. The van der Waals surface area contributed by atoms with Crippen LogP contribution >= 0.6 is 21.6 Å². The number of hydrogen-bond acceptors (Lipinski definition) is 8. The third-order valence-electron chi connectivity index (χ3n) is 11.8. The molecule has 1 aliphatic heterocycles. The van der Waals surface area contributed by atoms with E-state index in [0.717, 1.165) is 62.2 Å². The van der Waals surface area contributed by atoms with Crippen molar-refractivity contribution >= 4 is 27.7 Å². The van der Waals surface area contributed by atoms with Crippen molar-refractivity contribution in [2.24, 2.45) is 17.3 Å². The van der Waals surface area contributed by atoms with Crippen LogP contribution in [0.25, 0.3) is 0 Å². The molecule has 6 atom stereocenters. The maximum absolute atomic E-state index is 13.2. The highest BCUT2D eigenvalue weighted by Gasteiger charge is 2.69. The monoisotopic (exact) mass is 794 g/mol. The maximum Gasteiger partial charge on any atom is 0.426 e. The van der Waals surface area contributed by atoms with Gasteiger partial charge in [-0.05, 0) is 112 Å². The lowest BCUT2D eigenvalue weighted by atomic mass is 9.55. The van der Waals surface area contributed by atoms with Crippen molar-refractivity contribution in [3.05, 3.63) is 47.0 Å². The minimum Gasteiger partial charge on any atom is -0.490 e. The van der Waals surface area contributed by atoms with Gasteiger partial charge in [0.05, 0.1) is 19.3 Å². The molecule has 1 saturated heterocycles. The predicted molar refractivity (Wildman–Crippen MR) is 191 cm³/mol. The molecule has 16 heteroatoms. The van der Waals surface area contributed by atoms with Crippen LogP contribution in [0, 0.1) is 24.2 Å². The Hall–Kier alpha value is -2.30. The molecule has 1 aromatic heterocycles. The summed E-state index contributed by atoms with van der Waals surface area (Å²) < 4.78 is 109. The van der Waals surface area contributed by atoms with E-state index in [1.165, 1.54) is 11.1 Å². The van der Waals surface area contributed by atoms with Gasteiger partial charge in [-0.1, -0.05) is 34.6 Å². The van der Waals surface area contributed by atoms with Crippen molar-refractivity contribution in [3.8, 4) is 5.75 Å². The first-order chi connectivity index (χ1) is 25.6. The summed E-state index contributed by atoms with van der Waals surface area (Å²) in [6.07, 6.45) is -3.67. The molecule has 3 aliphatic carbocycles. The standard InChI is InChI=1S/C37H49F6N3O5S2/c1-23-20-44-32(45-23)21-46(25-12-18-52-53-22-25)33(47)50-17-16-48-26-6-8-27-24(19-26)5-7-29-28(27)11-13-34(2)30(29)9-10-31(34)49-14-4-15-51-35(3,36(38,39)40)37(41,42)43/h6,8,19-20,25,28-31H,4-5,7,9-18,21-22H2,1-3H3,(H,44,45)/i1D. The van der Waals surface area contributed by atoms with E-state index in [1.807, 2.05) is 6.07 Å². The average Bonchev–Trinajstić information content (AvgIpc) is 3.74. The highest BCUT2D eigenvalue weighted by atomic mass is 33.1. The summed E-state index contributed by atoms with van der Waals surface area (Å²) in [5.41, 5.74) is -1.04. The van der Waals surface area contributed by atoms with Gasteiger partial charge in [0, 0.05) is 37.4 Å².